The zero-order valence-corrected chi connectivity index (χ0v) is 11.1. The van der Waals surface area contributed by atoms with Gasteiger partial charge in [-0.3, -0.25) is 4.79 Å². The first-order chi connectivity index (χ1) is 6.62. The first-order valence-corrected chi connectivity index (χ1v) is 7.23. The van der Waals surface area contributed by atoms with Crippen molar-refractivity contribution < 1.29 is 13.2 Å². The number of carbonyl (C=O) groups is 1. The van der Waals surface area contributed by atoms with Crippen molar-refractivity contribution in [1.29, 1.82) is 0 Å². The highest BCUT2D eigenvalue weighted by atomic mass is 35.6. The van der Waals surface area contributed by atoms with E-state index in [0.29, 0.717) is 0 Å². The largest absolute Gasteiger partial charge is 0.347 e. The van der Waals surface area contributed by atoms with Crippen LogP contribution < -0.4 is 5.32 Å². The van der Waals surface area contributed by atoms with Gasteiger partial charge < -0.3 is 5.32 Å². The Balaban J connectivity index is 2.66. The van der Waals surface area contributed by atoms with Gasteiger partial charge in [0.2, 0.25) is 0 Å². The molecule has 15 heavy (non-hydrogen) atoms. The molecule has 1 N–H and O–H groups in total. The van der Waals surface area contributed by atoms with E-state index in [1.165, 1.54) is 0 Å². The van der Waals surface area contributed by atoms with Crippen LogP contribution in [0.3, 0.4) is 0 Å². The second-order valence-electron chi connectivity index (χ2n) is 3.17. The van der Waals surface area contributed by atoms with Crippen LogP contribution in [0.25, 0.3) is 0 Å². The van der Waals surface area contributed by atoms with Crippen molar-refractivity contribution >= 4 is 62.1 Å². The minimum atomic E-state index is -3.21. The Morgan fingerprint density at radius 1 is 1.27 bits per heavy atom. The smallest absolute Gasteiger partial charge is 0.272 e. The van der Waals surface area contributed by atoms with Crippen LogP contribution in [-0.2, 0) is 14.6 Å². The molecule has 1 aliphatic heterocycles. The molecule has 1 aliphatic rings. The molecule has 9 heteroatoms. The second kappa shape index (κ2) is 4.45. The summed E-state index contributed by atoms with van der Waals surface area (Å²) in [6.07, 6.45) is 0. The third kappa shape index (κ3) is 3.82. The molecule has 0 saturated carbocycles. The molecule has 4 nitrogen and oxygen atoms in total. The lowest BCUT2D eigenvalue weighted by Crippen LogP contribution is -2.45. The summed E-state index contributed by atoms with van der Waals surface area (Å²) >= 11 is 21.7. The highest BCUT2D eigenvalue weighted by molar-refractivity contribution is 7.91. The molecular weight excluding hydrogens is 308 g/mol. The minimum absolute atomic E-state index is 0.181. The van der Waals surface area contributed by atoms with Gasteiger partial charge in [0, 0.05) is 0 Å². The van der Waals surface area contributed by atoms with Crippen LogP contribution in [0.2, 0.25) is 0 Å². The number of hydrogen-bond donors (Lipinski definition) is 1. The summed E-state index contributed by atoms with van der Waals surface area (Å²) in [6, 6.07) is -0.709. The van der Waals surface area contributed by atoms with Crippen molar-refractivity contribution in [3.8, 4) is 0 Å². The van der Waals surface area contributed by atoms with Gasteiger partial charge in [-0.05, 0) is 0 Å². The Kier molecular flexibility index (Phi) is 4.05. The lowest BCUT2D eigenvalue weighted by molar-refractivity contribution is -0.120. The first kappa shape index (κ1) is 13.6. The maximum atomic E-state index is 11.2. The number of nitrogens with one attached hydrogen (secondary N) is 1. The molecule has 0 bridgehead atoms. The van der Waals surface area contributed by atoms with Gasteiger partial charge >= 0.3 is 0 Å². The number of amides is 1. The average Bonchev–Trinajstić information content (AvgIpc) is 2.22. The van der Waals surface area contributed by atoms with Crippen LogP contribution in [0, 0.1) is 0 Å². The molecule has 88 valence electrons. The van der Waals surface area contributed by atoms with Crippen molar-refractivity contribution in [2.75, 3.05) is 11.5 Å². The molecule has 1 saturated heterocycles. The van der Waals surface area contributed by atoms with Crippen molar-refractivity contribution in [3.63, 3.8) is 0 Å². The Bertz CT molecular complexity index is 363. The summed E-state index contributed by atoms with van der Waals surface area (Å²) in [6.45, 7) is 0. The second-order valence-corrected chi connectivity index (χ2v) is 8.17. The molecule has 0 aromatic carbocycles. The van der Waals surface area contributed by atoms with Crippen LogP contribution in [-0.4, -0.2) is 41.0 Å². The van der Waals surface area contributed by atoms with Gasteiger partial charge in [-0.25, -0.2) is 8.42 Å². The van der Waals surface area contributed by atoms with E-state index in [2.05, 4.69) is 5.32 Å². The number of sulfone groups is 1. The van der Waals surface area contributed by atoms with Crippen LogP contribution >= 0.6 is 46.4 Å². The highest BCUT2D eigenvalue weighted by Crippen LogP contribution is 2.27. The summed E-state index contributed by atoms with van der Waals surface area (Å²) in [5.41, 5.74) is 0. The maximum absolute atomic E-state index is 11.2. The summed E-state index contributed by atoms with van der Waals surface area (Å²) in [7, 11) is -3.21. The molecule has 2 atom stereocenters. The van der Waals surface area contributed by atoms with Crippen molar-refractivity contribution in [3.05, 3.63) is 0 Å². The average molecular weight is 315 g/mol. The Hall–Kier alpha value is 0.580. The van der Waals surface area contributed by atoms with Gasteiger partial charge in [-0.2, -0.15) is 0 Å². The highest BCUT2D eigenvalue weighted by Gasteiger charge is 2.40. The number of rotatable bonds is 1. The van der Waals surface area contributed by atoms with Crippen molar-refractivity contribution in [2.45, 2.75) is 15.2 Å². The molecule has 0 aromatic rings. The van der Waals surface area contributed by atoms with Gasteiger partial charge in [0.1, 0.15) is 0 Å². The summed E-state index contributed by atoms with van der Waals surface area (Å²) in [4.78, 5) is 11.2. The molecule has 1 amide bonds. The first-order valence-electron chi connectivity index (χ1n) is 3.84. The lowest BCUT2D eigenvalue weighted by atomic mass is 10.2. The zero-order chi connectivity index (χ0) is 11.9. The fraction of sp³-hybridized carbons (Fsp3) is 0.833. The van der Waals surface area contributed by atoms with Crippen molar-refractivity contribution in [2.24, 2.45) is 0 Å². The number of alkyl halides is 4. The van der Waals surface area contributed by atoms with Crippen molar-refractivity contribution in [1.82, 2.24) is 5.32 Å². The SMILES string of the molecule is O=C(NC1CS(=O)(=O)CC1Cl)C(Cl)(Cl)Cl. The standard InChI is InChI=1S/C6H7Cl4NO3S/c7-3-1-15(13,14)2-4(3)11-5(12)6(8,9)10/h3-4H,1-2H2,(H,11,12). The van der Waals surface area contributed by atoms with Gasteiger partial charge in [0.15, 0.2) is 9.84 Å². The zero-order valence-electron chi connectivity index (χ0n) is 7.21. The van der Waals surface area contributed by atoms with E-state index in [9.17, 15) is 13.2 Å². The Morgan fingerprint density at radius 3 is 2.13 bits per heavy atom. The summed E-state index contributed by atoms with van der Waals surface area (Å²) in [5.74, 6) is -1.28. The number of hydrogen-bond acceptors (Lipinski definition) is 3. The van der Waals surface area contributed by atoms with Gasteiger partial charge in [-0.1, -0.05) is 34.8 Å². The van der Waals surface area contributed by atoms with Gasteiger partial charge in [0.05, 0.1) is 22.9 Å². The molecular formula is C6H7Cl4NO3S. The monoisotopic (exact) mass is 313 g/mol. The molecule has 1 fully saturated rings. The summed E-state index contributed by atoms with van der Waals surface area (Å²) in [5, 5.41) is 1.59. The topological polar surface area (TPSA) is 63.2 Å². The van der Waals surface area contributed by atoms with E-state index in [1.807, 2.05) is 0 Å². The molecule has 0 radical (unpaired) electrons. The maximum Gasteiger partial charge on any atom is 0.272 e. The molecule has 1 heterocycles. The predicted octanol–water partition coefficient (Wildman–Crippen LogP) is 0.877. The Labute approximate surface area is 107 Å². The van der Waals surface area contributed by atoms with Gasteiger partial charge in [-0.15, -0.1) is 11.6 Å². The predicted molar refractivity (Wildman–Crippen MR) is 60.5 cm³/mol. The van der Waals surface area contributed by atoms with Crippen LogP contribution in [0.1, 0.15) is 0 Å². The third-order valence-electron chi connectivity index (χ3n) is 1.86. The lowest BCUT2D eigenvalue weighted by Gasteiger charge is -2.17. The minimum Gasteiger partial charge on any atom is -0.347 e. The Morgan fingerprint density at radius 2 is 1.80 bits per heavy atom. The summed E-state index contributed by atoms with van der Waals surface area (Å²) < 4.78 is 20.2. The quantitative estimate of drug-likeness (QED) is 0.731. The van der Waals surface area contributed by atoms with E-state index in [1.54, 1.807) is 0 Å². The fourth-order valence-corrected chi connectivity index (χ4v) is 3.90. The van der Waals surface area contributed by atoms with E-state index in [0.717, 1.165) is 0 Å². The van der Waals surface area contributed by atoms with E-state index in [4.69, 9.17) is 46.4 Å². The van der Waals surface area contributed by atoms with E-state index < -0.39 is 31.0 Å². The number of halogens is 4. The molecule has 0 aliphatic carbocycles. The van der Waals surface area contributed by atoms with Crippen LogP contribution in [0.4, 0.5) is 0 Å². The molecule has 2 unspecified atom stereocenters. The van der Waals surface area contributed by atoms with E-state index in [-0.39, 0.29) is 11.5 Å². The molecule has 0 aromatic heterocycles. The third-order valence-corrected chi connectivity index (χ3v) is 4.75. The number of carbonyl (C=O) groups excluding carboxylic acids is 1. The van der Waals surface area contributed by atoms with E-state index >= 15 is 0 Å². The van der Waals surface area contributed by atoms with Gasteiger partial charge in [0.25, 0.3) is 9.70 Å². The molecule has 1 rings (SSSR count). The van der Waals surface area contributed by atoms with Crippen LogP contribution in [0.15, 0.2) is 0 Å². The van der Waals surface area contributed by atoms with Crippen LogP contribution in [0.5, 0.6) is 0 Å². The normalized spacial score (nSPS) is 30.1. The molecule has 0 spiro atoms. The fourth-order valence-electron chi connectivity index (χ4n) is 1.19.